The number of anilines is 1. The molecule has 12 heteroatoms. The van der Waals surface area contributed by atoms with E-state index in [4.69, 9.17) is 10.2 Å². The number of ether oxygens (including phenoxy) is 2. The molecule has 12 nitrogen and oxygen atoms in total. The molecule has 190 valence electrons. The van der Waals surface area contributed by atoms with E-state index in [9.17, 15) is 24.0 Å². The second-order valence-electron chi connectivity index (χ2n) is 8.18. The normalized spacial score (nSPS) is 12.6. The second-order valence-corrected chi connectivity index (χ2v) is 8.18. The van der Waals surface area contributed by atoms with Gasteiger partial charge in [0, 0.05) is 5.56 Å². The van der Waals surface area contributed by atoms with Crippen LogP contribution in [0.15, 0.2) is 21.3 Å². The van der Waals surface area contributed by atoms with Gasteiger partial charge in [-0.05, 0) is 39.3 Å². The van der Waals surface area contributed by atoms with E-state index in [1.54, 1.807) is 13.0 Å². The van der Waals surface area contributed by atoms with Crippen molar-refractivity contribution in [2.24, 2.45) is 0 Å². The molecule has 0 spiro atoms. The number of hydrogen-bond donors (Lipinski definition) is 3. The Kier molecular flexibility index (Phi) is 7.27. The highest BCUT2D eigenvalue weighted by Crippen LogP contribution is 2.34. The number of carbonyl (C=O) groups is 4. The van der Waals surface area contributed by atoms with Gasteiger partial charge < -0.3 is 30.3 Å². The first-order chi connectivity index (χ1) is 16.9. The van der Waals surface area contributed by atoms with Crippen molar-refractivity contribution in [1.82, 2.24) is 15.6 Å². The average molecular weight is 498 g/mol. The first-order valence-electron chi connectivity index (χ1n) is 10.9. The molecule has 2 atom stereocenters. The molecule has 0 fully saturated rings. The summed E-state index contributed by atoms with van der Waals surface area (Å²) in [5, 5.41) is 4.94. The summed E-state index contributed by atoms with van der Waals surface area (Å²) in [6.45, 7) is 6.04. The van der Waals surface area contributed by atoms with Gasteiger partial charge in [0.25, 0.3) is 11.8 Å². The number of hydrogen-bond acceptors (Lipinski definition) is 10. The number of rotatable bonds is 6. The topological polar surface area (TPSA) is 180 Å². The number of benzene rings is 2. The molecule has 4 N–H and O–H groups in total. The van der Waals surface area contributed by atoms with Crippen molar-refractivity contribution < 1.29 is 33.1 Å². The number of methoxy groups -OCH3 is 2. The predicted molar refractivity (Wildman–Crippen MR) is 129 cm³/mol. The number of aryl methyl sites for hydroxylation is 1. The third-order valence-electron chi connectivity index (χ3n) is 5.68. The zero-order valence-electron chi connectivity index (χ0n) is 20.6. The van der Waals surface area contributed by atoms with Crippen molar-refractivity contribution in [2.75, 3.05) is 20.0 Å². The number of nitrogen functional groups attached to an aromatic ring is 1. The summed E-state index contributed by atoms with van der Waals surface area (Å²) in [6, 6.07) is 1.11. The van der Waals surface area contributed by atoms with Crippen molar-refractivity contribution >= 4 is 40.5 Å². The standard InChI is InChI=1S/C24H26N4O8/c1-9-7-8-13(21(30)26-11(3)23(32)34-5)16-19(9)36-20-10(2)18(29)15(25)14(17(20)28-16)22(31)27-12(4)24(33)35-6/h7-8,11-12H,25H2,1-6H3,(H,26,30)(H,27,31)/t11-,12+/m1/s1. The van der Waals surface area contributed by atoms with Crippen LogP contribution in [0, 0.1) is 13.8 Å². The van der Waals surface area contributed by atoms with Crippen LogP contribution in [0.5, 0.6) is 0 Å². The molecular weight excluding hydrogens is 472 g/mol. The van der Waals surface area contributed by atoms with Gasteiger partial charge in [-0.1, -0.05) is 6.07 Å². The Hall–Kier alpha value is -4.48. The molecule has 0 aromatic heterocycles. The van der Waals surface area contributed by atoms with Crippen molar-refractivity contribution in [2.45, 2.75) is 39.8 Å². The van der Waals surface area contributed by atoms with Gasteiger partial charge in [-0.25, -0.2) is 14.6 Å². The second kappa shape index (κ2) is 10.0. The Morgan fingerprint density at radius 1 is 0.972 bits per heavy atom. The minimum absolute atomic E-state index is 0.00107. The average Bonchev–Trinajstić information content (AvgIpc) is 2.85. The molecule has 0 saturated heterocycles. The molecule has 1 aromatic rings. The first-order valence-corrected chi connectivity index (χ1v) is 10.9. The SMILES string of the molecule is COC(=O)[C@H](C)NC(=O)c1c2nc3c(C(=O)N[C@H](C)C(=O)OC)ccc(C)c3oc-2c(C)c(=O)c1N. The molecule has 0 radical (unpaired) electrons. The minimum atomic E-state index is -1.05. The van der Waals surface area contributed by atoms with Gasteiger partial charge >= 0.3 is 11.9 Å². The van der Waals surface area contributed by atoms with Crippen LogP contribution >= 0.6 is 0 Å². The van der Waals surface area contributed by atoms with Crippen molar-refractivity contribution in [3.63, 3.8) is 0 Å². The maximum absolute atomic E-state index is 13.1. The molecule has 1 aromatic carbocycles. The predicted octanol–water partition coefficient (Wildman–Crippen LogP) is 1.07. The summed E-state index contributed by atoms with van der Waals surface area (Å²) in [6.07, 6.45) is 0. The van der Waals surface area contributed by atoms with Crippen LogP contribution in [-0.4, -0.2) is 55.0 Å². The Balaban J connectivity index is 2.28. The number of nitrogens with two attached hydrogens (primary N) is 1. The van der Waals surface area contributed by atoms with Crippen LogP contribution in [0.1, 0.15) is 45.7 Å². The summed E-state index contributed by atoms with van der Waals surface area (Å²) < 4.78 is 15.3. The maximum Gasteiger partial charge on any atom is 0.328 e. The van der Waals surface area contributed by atoms with Gasteiger partial charge in [-0.2, -0.15) is 0 Å². The first kappa shape index (κ1) is 26.1. The van der Waals surface area contributed by atoms with E-state index in [0.29, 0.717) is 5.56 Å². The molecule has 3 rings (SSSR count). The van der Waals surface area contributed by atoms with E-state index >= 15 is 0 Å². The number of aromatic nitrogens is 1. The molecule has 1 heterocycles. The van der Waals surface area contributed by atoms with E-state index in [1.807, 2.05) is 0 Å². The molecule has 0 saturated carbocycles. The van der Waals surface area contributed by atoms with Crippen LogP contribution in [0.3, 0.4) is 0 Å². The number of nitrogens with zero attached hydrogens (tertiary/aromatic N) is 1. The number of nitrogens with one attached hydrogen (secondary N) is 2. The van der Waals surface area contributed by atoms with Gasteiger partial charge in [0.2, 0.25) is 5.43 Å². The van der Waals surface area contributed by atoms with E-state index in [-0.39, 0.29) is 39.2 Å². The van der Waals surface area contributed by atoms with E-state index < -0.39 is 47.0 Å². The van der Waals surface area contributed by atoms with Crippen LogP contribution in [0.25, 0.3) is 22.6 Å². The van der Waals surface area contributed by atoms with E-state index in [1.165, 1.54) is 41.1 Å². The third-order valence-corrected chi connectivity index (χ3v) is 5.68. The highest BCUT2D eigenvalue weighted by atomic mass is 16.5. The Labute approximate surface area is 205 Å². The lowest BCUT2D eigenvalue weighted by atomic mass is 9.99. The number of fused-ring (bicyclic) bond motifs is 2. The number of esters is 2. The van der Waals surface area contributed by atoms with E-state index in [2.05, 4.69) is 25.1 Å². The molecule has 1 aliphatic carbocycles. The molecule has 2 aliphatic rings. The fourth-order valence-corrected chi connectivity index (χ4v) is 3.62. The van der Waals surface area contributed by atoms with Gasteiger partial charge in [-0.3, -0.25) is 14.4 Å². The maximum atomic E-state index is 13.1. The number of carbonyl (C=O) groups excluding carboxylic acids is 4. The van der Waals surface area contributed by atoms with Crippen molar-refractivity contribution in [3.05, 3.63) is 44.6 Å². The largest absolute Gasteiger partial charge is 0.467 e. The van der Waals surface area contributed by atoms with Crippen LogP contribution in [0.2, 0.25) is 0 Å². The molecule has 36 heavy (non-hydrogen) atoms. The Morgan fingerprint density at radius 2 is 1.53 bits per heavy atom. The lowest BCUT2D eigenvalue weighted by molar-refractivity contribution is -0.143. The fourth-order valence-electron chi connectivity index (χ4n) is 3.62. The molecule has 2 amide bonds. The highest BCUT2D eigenvalue weighted by Gasteiger charge is 2.30. The molecule has 1 aliphatic heterocycles. The van der Waals surface area contributed by atoms with Crippen LogP contribution in [0.4, 0.5) is 5.69 Å². The lowest BCUT2D eigenvalue weighted by Gasteiger charge is -2.19. The van der Waals surface area contributed by atoms with Gasteiger partial charge in [0.15, 0.2) is 11.3 Å². The summed E-state index contributed by atoms with van der Waals surface area (Å²) in [7, 11) is 2.36. The fraction of sp³-hybridized carbons (Fsp3) is 0.333. The minimum Gasteiger partial charge on any atom is -0.467 e. The zero-order valence-corrected chi connectivity index (χ0v) is 20.6. The summed E-state index contributed by atoms with van der Waals surface area (Å²) in [4.78, 5) is 67.0. The smallest absolute Gasteiger partial charge is 0.328 e. The van der Waals surface area contributed by atoms with Gasteiger partial charge in [-0.15, -0.1) is 0 Å². The van der Waals surface area contributed by atoms with Crippen LogP contribution in [-0.2, 0) is 19.1 Å². The highest BCUT2D eigenvalue weighted by molar-refractivity contribution is 6.09. The summed E-state index contributed by atoms with van der Waals surface area (Å²) in [5.74, 6) is -2.85. The van der Waals surface area contributed by atoms with Gasteiger partial charge in [0.1, 0.15) is 23.3 Å². The van der Waals surface area contributed by atoms with E-state index in [0.717, 1.165) is 0 Å². The van der Waals surface area contributed by atoms with Crippen molar-refractivity contribution in [3.8, 4) is 11.5 Å². The lowest BCUT2D eigenvalue weighted by Crippen LogP contribution is -2.40. The zero-order chi connectivity index (χ0) is 26.9. The molecular formula is C24H26N4O8. The monoisotopic (exact) mass is 498 g/mol. The summed E-state index contributed by atoms with van der Waals surface area (Å²) >= 11 is 0. The third kappa shape index (κ3) is 4.57. The quantitative estimate of drug-likeness (QED) is 0.253. The Morgan fingerprint density at radius 3 is 2.08 bits per heavy atom. The summed E-state index contributed by atoms with van der Waals surface area (Å²) in [5.41, 5.74) is 5.64. The van der Waals surface area contributed by atoms with Crippen molar-refractivity contribution in [1.29, 1.82) is 0 Å². The number of amides is 2. The van der Waals surface area contributed by atoms with Gasteiger partial charge in [0.05, 0.1) is 31.0 Å². The van der Waals surface area contributed by atoms with Crippen LogP contribution < -0.4 is 21.8 Å². The molecule has 0 bridgehead atoms. The Bertz CT molecular complexity index is 1430. The molecule has 0 unspecified atom stereocenters.